The zero-order valence-electron chi connectivity index (χ0n) is 21.6. The Morgan fingerprint density at radius 3 is 1.97 bits per heavy atom. The Balaban J connectivity index is 0.000000244. The van der Waals surface area contributed by atoms with E-state index >= 15 is 0 Å². The largest absolute Gasteiger partial charge is 0.508 e. The van der Waals surface area contributed by atoms with Crippen LogP contribution in [0.5, 0.6) is 5.75 Å². The number of Topliss-reactive ketones (excluding diaryl/α,β-unsaturated/α-hetero) is 1. The zero-order valence-corrected chi connectivity index (χ0v) is 23.2. The summed E-state index contributed by atoms with van der Waals surface area (Å²) in [5, 5.41) is 21.4. The highest BCUT2D eigenvalue weighted by atomic mass is 79.9. The molecule has 0 aliphatic carbocycles. The molecule has 1 aliphatic heterocycles. The Bertz CT molecular complexity index is 1050. The fourth-order valence-electron chi connectivity index (χ4n) is 4.28. The van der Waals surface area contributed by atoms with Crippen LogP contribution in [0.3, 0.4) is 0 Å². The molecule has 4 N–H and O–H groups in total. The van der Waals surface area contributed by atoms with Gasteiger partial charge >= 0.3 is 5.97 Å². The quantitative estimate of drug-likeness (QED) is 0.221. The maximum Gasteiger partial charge on any atom is 0.330 e. The maximum atomic E-state index is 12.1. The molecule has 3 aromatic rings. The number of aliphatic carboxylic acids is 1. The standard InChI is InChI=1S/C15H21NO2.C14H13NO2.CH3Br/c1-2-12-7-9-16(10-8-12)11-15(18)13-3-5-14(17)6-4-13;16-14(17)13(11-7-3-1-4-8-11)15-12-9-5-2-6-10-12;1-2/h3-6,12,17H,2,7-11H2,1H3;1-10,13,15H,(H,16,17);1H3/p+1/t;13-;/m.1./s1. The summed E-state index contributed by atoms with van der Waals surface area (Å²) in [6.07, 6.45) is 3.75. The van der Waals surface area contributed by atoms with Gasteiger partial charge in [-0.2, -0.15) is 0 Å². The molecule has 1 saturated heterocycles. The molecule has 198 valence electrons. The average molecular weight is 571 g/mol. The van der Waals surface area contributed by atoms with E-state index in [1.807, 2.05) is 54.4 Å². The molecule has 7 heteroatoms. The first-order valence-corrected chi connectivity index (χ1v) is 14.2. The van der Waals surface area contributed by atoms with E-state index in [-0.39, 0.29) is 11.5 Å². The van der Waals surface area contributed by atoms with Crippen molar-refractivity contribution in [1.82, 2.24) is 0 Å². The van der Waals surface area contributed by atoms with E-state index in [1.165, 1.54) is 24.2 Å². The van der Waals surface area contributed by atoms with Crippen molar-refractivity contribution < 1.29 is 24.7 Å². The normalized spacial score (nSPS) is 17.2. The number of likely N-dealkylation sites (tertiary alicyclic amines) is 1. The number of quaternary nitrogens is 1. The smallest absolute Gasteiger partial charge is 0.330 e. The monoisotopic (exact) mass is 569 g/mol. The average Bonchev–Trinajstić information content (AvgIpc) is 2.95. The highest BCUT2D eigenvalue weighted by Crippen LogP contribution is 2.19. The lowest BCUT2D eigenvalue weighted by Gasteiger charge is -2.28. The van der Waals surface area contributed by atoms with E-state index < -0.39 is 12.0 Å². The number of ketones is 1. The number of benzene rings is 3. The Hall–Kier alpha value is -3.16. The lowest BCUT2D eigenvalue weighted by Crippen LogP contribution is -3.13. The van der Waals surface area contributed by atoms with Crippen LogP contribution in [0.1, 0.15) is 48.1 Å². The molecule has 0 amide bonds. The molecular weight excluding hydrogens is 532 g/mol. The molecule has 1 fully saturated rings. The zero-order chi connectivity index (χ0) is 27.0. The number of aromatic hydroxyl groups is 1. The first-order valence-electron chi connectivity index (χ1n) is 12.6. The highest BCUT2D eigenvalue weighted by molar-refractivity contribution is 9.08. The molecule has 0 radical (unpaired) electrons. The van der Waals surface area contributed by atoms with Crippen LogP contribution in [0.15, 0.2) is 84.9 Å². The number of rotatable bonds is 8. The Morgan fingerprint density at radius 1 is 0.919 bits per heavy atom. The van der Waals surface area contributed by atoms with E-state index in [0.717, 1.165) is 30.3 Å². The van der Waals surface area contributed by atoms with Gasteiger partial charge in [-0.3, -0.25) is 4.79 Å². The molecule has 0 spiro atoms. The van der Waals surface area contributed by atoms with E-state index in [2.05, 4.69) is 28.2 Å². The lowest BCUT2D eigenvalue weighted by molar-refractivity contribution is -0.897. The van der Waals surface area contributed by atoms with Crippen molar-refractivity contribution in [2.75, 3.05) is 30.8 Å². The van der Waals surface area contributed by atoms with E-state index in [1.54, 1.807) is 36.4 Å². The van der Waals surface area contributed by atoms with Crippen molar-refractivity contribution in [3.63, 3.8) is 0 Å². The molecule has 6 nitrogen and oxygen atoms in total. The second kappa shape index (κ2) is 16.6. The molecule has 1 aliphatic rings. The van der Waals surface area contributed by atoms with Crippen LogP contribution in [-0.4, -0.2) is 47.4 Å². The number of phenolic OH excluding ortho intramolecular Hbond substituents is 1. The number of para-hydroxylation sites is 1. The first-order chi connectivity index (χ1) is 18.0. The molecule has 1 heterocycles. The minimum Gasteiger partial charge on any atom is -0.508 e. The number of alkyl halides is 1. The summed E-state index contributed by atoms with van der Waals surface area (Å²) in [7, 11) is 0. The van der Waals surface area contributed by atoms with Gasteiger partial charge < -0.3 is 20.4 Å². The summed E-state index contributed by atoms with van der Waals surface area (Å²) in [4.78, 5) is 24.7. The minimum absolute atomic E-state index is 0.181. The summed E-state index contributed by atoms with van der Waals surface area (Å²) in [5.41, 5.74) is 2.24. The van der Waals surface area contributed by atoms with Crippen LogP contribution in [-0.2, 0) is 4.79 Å². The predicted octanol–water partition coefficient (Wildman–Crippen LogP) is 5.22. The summed E-state index contributed by atoms with van der Waals surface area (Å²) in [6.45, 7) is 5.06. The number of anilines is 1. The number of carbonyl (C=O) groups is 2. The number of nitrogens with one attached hydrogen (secondary N) is 2. The summed E-state index contributed by atoms with van der Waals surface area (Å²) < 4.78 is 0. The number of hydrogen-bond donors (Lipinski definition) is 4. The summed E-state index contributed by atoms with van der Waals surface area (Å²) in [5.74, 6) is 2.17. The number of carboxylic acid groups (broad SMARTS) is 1. The molecule has 0 bridgehead atoms. The van der Waals surface area contributed by atoms with Crippen molar-refractivity contribution in [3.8, 4) is 5.75 Å². The first kappa shape index (κ1) is 30.1. The Kier molecular flexibility index (Phi) is 13.5. The van der Waals surface area contributed by atoms with Gasteiger partial charge in [-0.05, 0) is 66.6 Å². The van der Waals surface area contributed by atoms with Gasteiger partial charge in [-0.25, -0.2) is 4.79 Å². The lowest BCUT2D eigenvalue weighted by atomic mass is 9.94. The fourth-order valence-corrected chi connectivity index (χ4v) is 4.28. The maximum absolute atomic E-state index is 12.1. The molecule has 0 saturated carbocycles. The molecular formula is C30H38BrN2O4+. The number of hydrogen-bond acceptors (Lipinski definition) is 4. The number of carbonyl (C=O) groups excluding carboxylic acids is 1. The van der Waals surface area contributed by atoms with Gasteiger partial charge in [0.1, 0.15) is 12.3 Å². The van der Waals surface area contributed by atoms with Crippen LogP contribution in [0.25, 0.3) is 0 Å². The number of piperidine rings is 1. The highest BCUT2D eigenvalue weighted by Gasteiger charge is 2.23. The number of phenols is 1. The van der Waals surface area contributed by atoms with Crippen LogP contribution >= 0.6 is 15.9 Å². The van der Waals surface area contributed by atoms with Crippen molar-refractivity contribution in [3.05, 3.63) is 96.1 Å². The SMILES string of the molecule is CBr.CCC1CC[NH+](CC(=O)c2ccc(O)cc2)CC1.O=C(O)[C@H](Nc1ccccc1)c1ccccc1. The van der Waals surface area contributed by atoms with E-state index in [0.29, 0.717) is 12.1 Å². The van der Waals surface area contributed by atoms with Crippen molar-refractivity contribution in [2.45, 2.75) is 32.2 Å². The van der Waals surface area contributed by atoms with Gasteiger partial charge in [0.25, 0.3) is 0 Å². The number of carboxylic acids is 1. The van der Waals surface area contributed by atoms with Gasteiger partial charge in [-0.1, -0.05) is 77.8 Å². The van der Waals surface area contributed by atoms with Crippen LogP contribution in [0.4, 0.5) is 5.69 Å². The van der Waals surface area contributed by atoms with Crippen molar-refractivity contribution >= 4 is 33.4 Å². The molecule has 1 atom stereocenters. The van der Waals surface area contributed by atoms with Crippen LogP contribution < -0.4 is 10.2 Å². The third kappa shape index (κ3) is 10.4. The molecule has 0 aromatic heterocycles. The molecule has 37 heavy (non-hydrogen) atoms. The molecule has 3 aromatic carbocycles. The third-order valence-electron chi connectivity index (χ3n) is 6.45. The Labute approximate surface area is 228 Å². The topological polar surface area (TPSA) is 91.1 Å². The van der Waals surface area contributed by atoms with Gasteiger partial charge in [0, 0.05) is 11.3 Å². The summed E-state index contributed by atoms with van der Waals surface area (Å²) >= 11 is 2.94. The van der Waals surface area contributed by atoms with E-state index in [4.69, 9.17) is 0 Å². The Morgan fingerprint density at radius 2 is 1.46 bits per heavy atom. The second-order valence-electron chi connectivity index (χ2n) is 8.94. The van der Waals surface area contributed by atoms with Gasteiger partial charge in [0.15, 0.2) is 6.04 Å². The minimum atomic E-state index is -0.889. The second-order valence-corrected chi connectivity index (χ2v) is 8.94. The van der Waals surface area contributed by atoms with Crippen LogP contribution in [0, 0.1) is 5.92 Å². The van der Waals surface area contributed by atoms with Crippen LogP contribution in [0.2, 0.25) is 0 Å². The van der Waals surface area contributed by atoms with Gasteiger partial charge in [0.2, 0.25) is 5.78 Å². The van der Waals surface area contributed by atoms with E-state index in [9.17, 15) is 19.8 Å². The van der Waals surface area contributed by atoms with Crippen molar-refractivity contribution in [1.29, 1.82) is 0 Å². The third-order valence-corrected chi connectivity index (χ3v) is 6.45. The van der Waals surface area contributed by atoms with Gasteiger partial charge in [-0.15, -0.1) is 0 Å². The van der Waals surface area contributed by atoms with Crippen molar-refractivity contribution in [2.24, 2.45) is 5.92 Å². The number of halogens is 1. The molecule has 0 unspecified atom stereocenters. The van der Waals surface area contributed by atoms with Gasteiger partial charge in [0.05, 0.1) is 13.1 Å². The fraction of sp³-hybridized carbons (Fsp3) is 0.333. The summed E-state index contributed by atoms with van der Waals surface area (Å²) in [6, 6.07) is 24.3. The molecule has 4 rings (SSSR count). The predicted molar refractivity (Wildman–Crippen MR) is 153 cm³/mol.